The van der Waals surface area contributed by atoms with Crippen molar-refractivity contribution >= 4 is 17.4 Å². The molecule has 1 aromatic heterocycles. The second-order valence-corrected chi connectivity index (χ2v) is 5.40. The maximum absolute atomic E-state index is 11.8. The summed E-state index contributed by atoms with van der Waals surface area (Å²) in [4.78, 5) is 15.8. The zero-order valence-electron chi connectivity index (χ0n) is 11.8. The average molecular weight is 282 g/mol. The molecule has 0 spiro atoms. The molecule has 0 aromatic carbocycles. The normalized spacial score (nSPS) is 10.6. The van der Waals surface area contributed by atoms with E-state index in [9.17, 15) is 4.79 Å². The van der Waals surface area contributed by atoms with Crippen molar-refractivity contribution in [2.24, 2.45) is 0 Å². The van der Waals surface area contributed by atoms with Crippen LogP contribution in [-0.4, -0.2) is 10.8 Å². The molecule has 0 fully saturated rings. The lowest BCUT2D eigenvalue weighted by Crippen LogP contribution is -1.99. The molecule has 3 heteroatoms. The van der Waals surface area contributed by atoms with Gasteiger partial charge in [-0.3, -0.25) is 4.79 Å². The van der Waals surface area contributed by atoms with Gasteiger partial charge in [0, 0.05) is 18.2 Å². The van der Waals surface area contributed by atoms with Crippen LogP contribution in [0.1, 0.15) is 75.1 Å². The smallest absolute Gasteiger partial charge is 0.164 e. The molecule has 0 atom stereocenters. The van der Waals surface area contributed by atoms with E-state index in [0.717, 1.165) is 12.8 Å². The highest BCUT2D eigenvalue weighted by molar-refractivity contribution is 6.29. The van der Waals surface area contributed by atoms with Crippen molar-refractivity contribution in [1.29, 1.82) is 0 Å². The fourth-order valence-electron chi connectivity index (χ4n) is 2.10. The average Bonchev–Trinajstić information content (AvgIpc) is 2.42. The number of halogens is 1. The largest absolute Gasteiger partial charge is 0.294 e. The summed E-state index contributed by atoms with van der Waals surface area (Å²) in [6.07, 6.45) is 12.2. The Morgan fingerprint density at radius 3 is 2.26 bits per heavy atom. The first-order chi connectivity index (χ1) is 9.24. The molecule has 0 amide bonds. The van der Waals surface area contributed by atoms with Crippen LogP contribution in [0.4, 0.5) is 0 Å². The quantitative estimate of drug-likeness (QED) is 0.324. The summed E-state index contributed by atoms with van der Waals surface area (Å²) in [5.41, 5.74) is 0.673. The highest BCUT2D eigenvalue weighted by atomic mass is 35.5. The van der Waals surface area contributed by atoms with Crippen LogP contribution in [0.2, 0.25) is 5.15 Å². The first-order valence-electron chi connectivity index (χ1n) is 7.38. The highest BCUT2D eigenvalue weighted by Crippen LogP contribution is 2.12. The van der Waals surface area contributed by atoms with Crippen molar-refractivity contribution in [3.63, 3.8) is 0 Å². The van der Waals surface area contributed by atoms with Gasteiger partial charge in [0.2, 0.25) is 0 Å². The van der Waals surface area contributed by atoms with E-state index in [0.29, 0.717) is 17.1 Å². The molecule has 106 valence electrons. The summed E-state index contributed by atoms with van der Waals surface area (Å²) in [7, 11) is 0. The number of carbonyl (C=O) groups excluding carboxylic acids is 1. The van der Waals surface area contributed by atoms with Crippen molar-refractivity contribution in [2.45, 2.75) is 64.7 Å². The van der Waals surface area contributed by atoms with Crippen molar-refractivity contribution in [1.82, 2.24) is 4.98 Å². The Balaban J connectivity index is 2.06. The maximum Gasteiger partial charge on any atom is 0.164 e. The second kappa shape index (κ2) is 9.96. The minimum absolute atomic E-state index is 0.176. The lowest BCUT2D eigenvalue weighted by Gasteiger charge is -2.02. The first kappa shape index (κ1) is 16.2. The molecule has 0 saturated heterocycles. The lowest BCUT2D eigenvalue weighted by molar-refractivity contribution is 0.0978. The predicted molar refractivity (Wildman–Crippen MR) is 80.8 cm³/mol. The highest BCUT2D eigenvalue weighted by Gasteiger charge is 2.05. The zero-order chi connectivity index (χ0) is 13.9. The zero-order valence-corrected chi connectivity index (χ0v) is 12.6. The Bertz CT molecular complexity index is 362. The fourth-order valence-corrected chi connectivity index (χ4v) is 2.22. The molecule has 1 heterocycles. The second-order valence-electron chi connectivity index (χ2n) is 5.02. The molecule has 0 aliphatic heterocycles. The fraction of sp³-hybridized carbons (Fsp3) is 0.625. The van der Waals surface area contributed by atoms with Gasteiger partial charge in [-0.2, -0.15) is 0 Å². The first-order valence-corrected chi connectivity index (χ1v) is 7.76. The number of pyridine rings is 1. The van der Waals surface area contributed by atoms with E-state index in [-0.39, 0.29) is 5.78 Å². The Morgan fingerprint density at radius 1 is 1.05 bits per heavy atom. The summed E-state index contributed by atoms with van der Waals surface area (Å²) >= 11 is 5.69. The molecule has 0 aliphatic carbocycles. The van der Waals surface area contributed by atoms with E-state index >= 15 is 0 Å². The van der Waals surface area contributed by atoms with E-state index in [1.807, 2.05) is 0 Å². The van der Waals surface area contributed by atoms with Crippen molar-refractivity contribution < 1.29 is 4.79 Å². The Kier molecular flexibility index (Phi) is 8.48. The summed E-state index contributed by atoms with van der Waals surface area (Å²) in [5, 5.41) is 0.434. The van der Waals surface area contributed by atoms with Crippen LogP contribution in [0.3, 0.4) is 0 Å². The lowest BCUT2D eigenvalue weighted by atomic mass is 10.0. The summed E-state index contributed by atoms with van der Waals surface area (Å²) in [6, 6.07) is 3.42. The van der Waals surface area contributed by atoms with E-state index < -0.39 is 0 Å². The molecular weight excluding hydrogens is 258 g/mol. The van der Waals surface area contributed by atoms with Gasteiger partial charge in [0.1, 0.15) is 5.15 Å². The van der Waals surface area contributed by atoms with Crippen LogP contribution in [-0.2, 0) is 0 Å². The number of unbranched alkanes of at least 4 members (excludes halogenated alkanes) is 7. The molecule has 0 bridgehead atoms. The minimum Gasteiger partial charge on any atom is -0.294 e. The van der Waals surface area contributed by atoms with Gasteiger partial charge in [-0.1, -0.05) is 63.5 Å². The Morgan fingerprint density at radius 2 is 1.68 bits per heavy atom. The van der Waals surface area contributed by atoms with E-state index in [2.05, 4.69) is 11.9 Å². The summed E-state index contributed by atoms with van der Waals surface area (Å²) in [5.74, 6) is 0.176. The van der Waals surface area contributed by atoms with Gasteiger partial charge in [0.25, 0.3) is 0 Å². The van der Waals surface area contributed by atoms with Gasteiger partial charge in [0.05, 0.1) is 0 Å². The number of aromatic nitrogens is 1. The van der Waals surface area contributed by atoms with Gasteiger partial charge in [-0.05, 0) is 18.6 Å². The maximum atomic E-state index is 11.8. The van der Waals surface area contributed by atoms with Crippen LogP contribution in [0.15, 0.2) is 18.3 Å². The molecular formula is C16H24ClNO. The molecule has 1 rings (SSSR count). The third kappa shape index (κ3) is 7.31. The van der Waals surface area contributed by atoms with Gasteiger partial charge in [0.15, 0.2) is 5.78 Å². The molecule has 19 heavy (non-hydrogen) atoms. The van der Waals surface area contributed by atoms with Gasteiger partial charge in [-0.25, -0.2) is 4.98 Å². The number of carbonyl (C=O) groups is 1. The topological polar surface area (TPSA) is 30.0 Å². The van der Waals surface area contributed by atoms with Gasteiger partial charge < -0.3 is 0 Å². The monoisotopic (exact) mass is 281 g/mol. The van der Waals surface area contributed by atoms with Crippen molar-refractivity contribution in [2.75, 3.05) is 0 Å². The van der Waals surface area contributed by atoms with Crippen LogP contribution >= 0.6 is 11.6 Å². The van der Waals surface area contributed by atoms with E-state index in [4.69, 9.17) is 11.6 Å². The molecule has 0 N–H and O–H groups in total. The van der Waals surface area contributed by atoms with E-state index in [1.54, 1.807) is 18.3 Å². The SMILES string of the molecule is CCCCCCCCCCC(=O)c1ccc(Cl)nc1. The molecule has 2 nitrogen and oxygen atoms in total. The van der Waals surface area contributed by atoms with Gasteiger partial charge in [-0.15, -0.1) is 0 Å². The van der Waals surface area contributed by atoms with Crippen molar-refractivity contribution in [3.8, 4) is 0 Å². The van der Waals surface area contributed by atoms with Gasteiger partial charge >= 0.3 is 0 Å². The van der Waals surface area contributed by atoms with Crippen LogP contribution in [0.5, 0.6) is 0 Å². The van der Waals surface area contributed by atoms with Crippen molar-refractivity contribution in [3.05, 3.63) is 29.0 Å². The Labute approximate surface area is 121 Å². The standard InChI is InChI=1S/C16H24ClNO/c1-2-3-4-5-6-7-8-9-10-15(19)14-11-12-16(17)18-13-14/h11-13H,2-10H2,1H3. The third-order valence-corrected chi connectivity index (χ3v) is 3.53. The molecule has 0 radical (unpaired) electrons. The molecule has 1 aromatic rings. The number of rotatable bonds is 10. The number of nitrogens with zero attached hydrogens (tertiary/aromatic N) is 1. The van der Waals surface area contributed by atoms with E-state index in [1.165, 1.54) is 38.5 Å². The summed E-state index contributed by atoms with van der Waals surface area (Å²) in [6.45, 7) is 2.23. The molecule has 0 saturated carbocycles. The predicted octanol–water partition coefficient (Wildman–Crippen LogP) is 5.45. The molecule has 0 aliphatic rings. The number of ketones is 1. The number of hydrogen-bond acceptors (Lipinski definition) is 2. The minimum atomic E-state index is 0.176. The number of Topliss-reactive ketones (excluding diaryl/α,β-unsaturated/α-hetero) is 1. The number of hydrogen-bond donors (Lipinski definition) is 0. The molecule has 0 unspecified atom stereocenters. The Hall–Kier alpha value is -0.890. The van der Waals surface area contributed by atoms with Crippen LogP contribution in [0.25, 0.3) is 0 Å². The van der Waals surface area contributed by atoms with Crippen LogP contribution in [0, 0.1) is 0 Å². The third-order valence-electron chi connectivity index (χ3n) is 3.31. The summed E-state index contributed by atoms with van der Waals surface area (Å²) < 4.78 is 0. The van der Waals surface area contributed by atoms with Crippen LogP contribution < -0.4 is 0 Å².